The average molecular weight is 330 g/mol. The molecule has 0 spiro atoms. The fraction of sp³-hybridized carbons (Fsp3) is 0.538. The normalized spacial score (nSPS) is 12.6. The fourth-order valence-corrected chi connectivity index (χ4v) is 2.01. The second-order valence-electron chi connectivity index (χ2n) is 5.38. The summed E-state index contributed by atoms with van der Waals surface area (Å²) in [7, 11) is 0. The van der Waals surface area contributed by atoms with E-state index < -0.39 is 12.8 Å². The Kier molecular flexibility index (Phi) is 5.58. The summed E-state index contributed by atoms with van der Waals surface area (Å²) < 4.78 is 41.5. The molecule has 7 heteroatoms. The maximum atomic E-state index is 12.2. The van der Waals surface area contributed by atoms with E-state index >= 15 is 0 Å². The lowest BCUT2D eigenvalue weighted by molar-refractivity contribution is -0.153. The SMILES string of the molecule is CC(C)(C)NCc1cc(Cl)cc(Cl)c1OCC(F)(F)F. The highest BCUT2D eigenvalue weighted by molar-refractivity contribution is 6.35. The molecule has 0 unspecified atom stereocenters. The summed E-state index contributed by atoms with van der Waals surface area (Å²) in [6.07, 6.45) is -4.42. The van der Waals surface area contributed by atoms with Crippen molar-refractivity contribution >= 4 is 23.2 Å². The Morgan fingerprint density at radius 1 is 1.15 bits per heavy atom. The highest BCUT2D eigenvalue weighted by atomic mass is 35.5. The van der Waals surface area contributed by atoms with Crippen LogP contribution in [-0.4, -0.2) is 18.3 Å². The van der Waals surface area contributed by atoms with Gasteiger partial charge in [-0.25, -0.2) is 0 Å². The molecule has 0 radical (unpaired) electrons. The lowest BCUT2D eigenvalue weighted by Crippen LogP contribution is -2.35. The Labute approximate surface area is 126 Å². The van der Waals surface area contributed by atoms with Gasteiger partial charge in [-0.15, -0.1) is 0 Å². The Hall–Kier alpha value is -0.650. The van der Waals surface area contributed by atoms with Gasteiger partial charge < -0.3 is 10.1 Å². The van der Waals surface area contributed by atoms with Crippen LogP contribution in [0.4, 0.5) is 13.2 Å². The molecule has 1 aromatic carbocycles. The average Bonchev–Trinajstić information content (AvgIpc) is 2.22. The van der Waals surface area contributed by atoms with Crippen LogP contribution in [0, 0.1) is 0 Å². The molecule has 20 heavy (non-hydrogen) atoms. The fourth-order valence-electron chi connectivity index (χ4n) is 1.42. The van der Waals surface area contributed by atoms with Crippen molar-refractivity contribution in [2.24, 2.45) is 0 Å². The topological polar surface area (TPSA) is 21.3 Å². The third-order valence-corrected chi connectivity index (χ3v) is 2.77. The van der Waals surface area contributed by atoms with Gasteiger partial charge in [0.1, 0.15) is 5.75 Å². The van der Waals surface area contributed by atoms with Crippen LogP contribution in [0.15, 0.2) is 12.1 Å². The van der Waals surface area contributed by atoms with Crippen molar-refractivity contribution in [1.82, 2.24) is 5.32 Å². The Balaban J connectivity index is 2.96. The third-order valence-electron chi connectivity index (χ3n) is 2.27. The maximum absolute atomic E-state index is 12.2. The van der Waals surface area contributed by atoms with Crippen LogP contribution < -0.4 is 10.1 Å². The second-order valence-corrected chi connectivity index (χ2v) is 6.23. The molecule has 2 nitrogen and oxygen atoms in total. The highest BCUT2D eigenvalue weighted by Gasteiger charge is 2.29. The largest absolute Gasteiger partial charge is 0.482 e. The molecule has 0 heterocycles. The van der Waals surface area contributed by atoms with E-state index in [-0.39, 0.29) is 16.3 Å². The number of ether oxygens (including phenoxy) is 1. The van der Waals surface area contributed by atoms with Gasteiger partial charge in [-0.2, -0.15) is 13.2 Å². The molecular formula is C13H16Cl2F3NO. The lowest BCUT2D eigenvalue weighted by atomic mass is 10.1. The van der Waals surface area contributed by atoms with Crippen LogP contribution in [0.1, 0.15) is 26.3 Å². The van der Waals surface area contributed by atoms with Gasteiger partial charge in [0.05, 0.1) is 5.02 Å². The second kappa shape index (κ2) is 6.41. The molecule has 0 saturated heterocycles. The zero-order chi connectivity index (χ0) is 15.6. The summed E-state index contributed by atoms with van der Waals surface area (Å²) >= 11 is 11.8. The number of hydrogen-bond acceptors (Lipinski definition) is 2. The first-order valence-electron chi connectivity index (χ1n) is 5.90. The number of benzene rings is 1. The zero-order valence-corrected chi connectivity index (χ0v) is 12.9. The van der Waals surface area contributed by atoms with E-state index in [0.29, 0.717) is 17.1 Å². The number of nitrogens with one attached hydrogen (secondary N) is 1. The molecule has 0 aromatic heterocycles. The lowest BCUT2D eigenvalue weighted by Gasteiger charge is -2.22. The molecule has 114 valence electrons. The first-order valence-corrected chi connectivity index (χ1v) is 6.66. The smallest absolute Gasteiger partial charge is 0.422 e. The van der Waals surface area contributed by atoms with Crippen LogP contribution in [0.5, 0.6) is 5.75 Å². The van der Waals surface area contributed by atoms with E-state index in [0.717, 1.165) is 0 Å². The molecule has 1 aromatic rings. The number of hydrogen-bond donors (Lipinski definition) is 1. The third kappa shape index (κ3) is 6.20. The molecule has 1 rings (SSSR count). The van der Waals surface area contributed by atoms with E-state index in [2.05, 4.69) is 5.32 Å². The van der Waals surface area contributed by atoms with Gasteiger partial charge in [-0.3, -0.25) is 0 Å². The molecule has 0 fully saturated rings. The van der Waals surface area contributed by atoms with Gasteiger partial charge in [-0.05, 0) is 32.9 Å². The van der Waals surface area contributed by atoms with E-state index in [1.54, 1.807) is 0 Å². The number of alkyl halides is 3. The number of rotatable bonds is 4. The zero-order valence-electron chi connectivity index (χ0n) is 11.4. The monoisotopic (exact) mass is 329 g/mol. The van der Waals surface area contributed by atoms with Gasteiger partial charge in [-0.1, -0.05) is 23.2 Å². The molecule has 1 N–H and O–H groups in total. The van der Waals surface area contributed by atoms with E-state index in [1.165, 1.54) is 12.1 Å². The molecule has 0 bridgehead atoms. The summed E-state index contributed by atoms with van der Waals surface area (Å²) in [5, 5.41) is 3.56. The molecule has 0 saturated carbocycles. The van der Waals surface area contributed by atoms with Gasteiger partial charge >= 0.3 is 6.18 Å². The van der Waals surface area contributed by atoms with E-state index in [1.807, 2.05) is 20.8 Å². The summed E-state index contributed by atoms with van der Waals surface area (Å²) in [4.78, 5) is 0. The van der Waals surface area contributed by atoms with E-state index in [9.17, 15) is 13.2 Å². The predicted octanol–water partition coefficient (Wildman–Crippen LogP) is 4.82. The maximum Gasteiger partial charge on any atom is 0.422 e. The standard InChI is InChI=1S/C13H16Cl2F3NO/c1-12(2,3)19-6-8-4-9(14)5-10(15)11(8)20-7-13(16,17)18/h4-5,19H,6-7H2,1-3H3. The highest BCUT2D eigenvalue weighted by Crippen LogP contribution is 2.33. The molecule has 0 atom stereocenters. The van der Waals surface area contributed by atoms with Crippen molar-refractivity contribution in [3.05, 3.63) is 27.7 Å². The van der Waals surface area contributed by atoms with Crippen LogP contribution in [0.3, 0.4) is 0 Å². The summed E-state index contributed by atoms with van der Waals surface area (Å²) in [6, 6.07) is 2.90. The molecular weight excluding hydrogens is 314 g/mol. The first-order chi connectivity index (χ1) is 8.98. The van der Waals surface area contributed by atoms with Crippen LogP contribution in [-0.2, 0) is 6.54 Å². The minimum atomic E-state index is -4.42. The molecule has 0 aliphatic carbocycles. The minimum Gasteiger partial charge on any atom is -0.482 e. The first kappa shape index (κ1) is 17.4. The predicted molar refractivity (Wildman–Crippen MR) is 74.6 cm³/mol. The van der Waals surface area contributed by atoms with Gasteiger partial charge in [0, 0.05) is 22.7 Å². The molecule has 0 aliphatic rings. The van der Waals surface area contributed by atoms with E-state index in [4.69, 9.17) is 27.9 Å². The number of halogens is 5. The van der Waals surface area contributed by atoms with Crippen molar-refractivity contribution in [2.75, 3.05) is 6.61 Å². The minimum absolute atomic E-state index is 0.00476. The van der Waals surface area contributed by atoms with Gasteiger partial charge in [0.15, 0.2) is 6.61 Å². The van der Waals surface area contributed by atoms with Crippen molar-refractivity contribution < 1.29 is 17.9 Å². The van der Waals surface area contributed by atoms with Crippen molar-refractivity contribution in [2.45, 2.75) is 39.0 Å². The van der Waals surface area contributed by atoms with Crippen molar-refractivity contribution in [1.29, 1.82) is 0 Å². The summed E-state index contributed by atoms with van der Waals surface area (Å²) in [5.41, 5.74) is 0.289. The van der Waals surface area contributed by atoms with Crippen molar-refractivity contribution in [3.63, 3.8) is 0 Å². The summed E-state index contributed by atoms with van der Waals surface area (Å²) in [6.45, 7) is 4.73. The van der Waals surface area contributed by atoms with Gasteiger partial charge in [0.25, 0.3) is 0 Å². The molecule has 0 amide bonds. The quantitative estimate of drug-likeness (QED) is 0.854. The van der Waals surface area contributed by atoms with Gasteiger partial charge in [0.2, 0.25) is 0 Å². The van der Waals surface area contributed by atoms with Crippen LogP contribution in [0.2, 0.25) is 10.0 Å². The Morgan fingerprint density at radius 2 is 1.75 bits per heavy atom. The Bertz CT molecular complexity index is 470. The van der Waals surface area contributed by atoms with Crippen LogP contribution in [0.25, 0.3) is 0 Å². The summed E-state index contributed by atoms with van der Waals surface area (Å²) in [5.74, 6) is 0.00476. The van der Waals surface area contributed by atoms with Crippen molar-refractivity contribution in [3.8, 4) is 5.75 Å². The van der Waals surface area contributed by atoms with Crippen LogP contribution >= 0.6 is 23.2 Å². The molecule has 0 aliphatic heterocycles. The Morgan fingerprint density at radius 3 is 2.25 bits per heavy atom.